The summed E-state index contributed by atoms with van der Waals surface area (Å²) in [6.45, 7) is 6.58. The number of oxazole rings is 1. The van der Waals surface area contributed by atoms with E-state index in [1.807, 2.05) is 0 Å². The molecule has 0 radical (unpaired) electrons. The monoisotopic (exact) mass is 506 g/mol. The fraction of sp³-hybridized carbons (Fsp3) is 0.385. The molecule has 0 aliphatic carbocycles. The van der Waals surface area contributed by atoms with Crippen molar-refractivity contribution in [3.8, 4) is 0 Å². The van der Waals surface area contributed by atoms with Gasteiger partial charge < -0.3 is 25.4 Å². The summed E-state index contributed by atoms with van der Waals surface area (Å²) in [4.78, 5) is 31.0. The number of imidazole rings is 1. The number of nitrogens with one attached hydrogen (secondary N) is 4. The molecule has 4 N–H and O–H groups in total. The summed E-state index contributed by atoms with van der Waals surface area (Å²) >= 11 is 0. The van der Waals surface area contributed by atoms with Crippen LogP contribution in [-0.2, 0) is 25.9 Å². The molecule has 11 heteroatoms. The lowest BCUT2D eigenvalue weighted by molar-refractivity contribution is 0.0945. The molecule has 3 aromatic heterocycles. The maximum absolute atomic E-state index is 13.6. The number of pyridine rings is 1. The summed E-state index contributed by atoms with van der Waals surface area (Å²) in [7, 11) is 0. The highest BCUT2D eigenvalue weighted by molar-refractivity contribution is 5.91. The van der Waals surface area contributed by atoms with Crippen LogP contribution in [0.15, 0.2) is 47.2 Å². The Morgan fingerprint density at radius 1 is 1.14 bits per heavy atom. The second-order valence-electron chi connectivity index (χ2n) is 9.05. The number of halogens is 1. The molecule has 0 saturated carbocycles. The molecule has 1 aliphatic heterocycles. The van der Waals surface area contributed by atoms with Crippen LogP contribution in [0.1, 0.15) is 33.5 Å². The van der Waals surface area contributed by atoms with Crippen LogP contribution in [0, 0.1) is 5.82 Å². The van der Waals surface area contributed by atoms with Crippen LogP contribution >= 0.6 is 0 Å². The number of rotatable bonds is 11. The van der Waals surface area contributed by atoms with E-state index in [0.29, 0.717) is 18.9 Å². The Hall–Kier alpha value is -3.67. The van der Waals surface area contributed by atoms with E-state index in [0.717, 1.165) is 62.5 Å². The van der Waals surface area contributed by atoms with Crippen LogP contribution in [0.25, 0.3) is 11.0 Å². The number of hydrogen-bond donors (Lipinski definition) is 4. The van der Waals surface area contributed by atoms with Crippen LogP contribution in [0.4, 0.5) is 4.39 Å². The lowest BCUT2D eigenvalue weighted by Gasteiger charge is -2.27. The minimum atomic E-state index is -0.465. The van der Waals surface area contributed by atoms with Gasteiger partial charge in [0.15, 0.2) is 11.6 Å². The summed E-state index contributed by atoms with van der Waals surface area (Å²) < 4.78 is 19.0. The van der Waals surface area contributed by atoms with Gasteiger partial charge in [0.2, 0.25) is 0 Å². The molecule has 4 heterocycles. The van der Waals surface area contributed by atoms with Gasteiger partial charge in [-0.3, -0.25) is 14.7 Å². The van der Waals surface area contributed by atoms with E-state index >= 15 is 0 Å². The number of carbonyl (C=O) groups excluding carboxylic acids is 1. The first-order valence-electron chi connectivity index (χ1n) is 12.6. The molecule has 0 bridgehead atoms. The molecular weight excluding hydrogens is 475 g/mol. The smallest absolute Gasteiger partial charge is 0.273 e. The molecule has 1 amide bonds. The lowest BCUT2D eigenvalue weighted by atomic mass is 10.2. The Labute approximate surface area is 214 Å². The van der Waals surface area contributed by atoms with E-state index in [4.69, 9.17) is 9.40 Å². The Morgan fingerprint density at radius 2 is 2.00 bits per heavy atom. The van der Waals surface area contributed by atoms with Gasteiger partial charge in [-0.15, -0.1) is 0 Å². The SMILES string of the molecule is O=C(NCc1ncccc1F)c1coc(CCNCCc2nc3ccc(CN4CCNCC4)cc3[nH]2)n1. The number of aromatic nitrogens is 4. The molecule has 1 aliphatic rings. The Morgan fingerprint density at radius 3 is 2.86 bits per heavy atom. The average Bonchev–Trinajstić information content (AvgIpc) is 3.55. The van der Waals surface area contributed by atoms with E-state index < -0.39 is 11.7 Å². The summed E-state index contributed by atoms with van der Waals surface area (Å²) in [5.41, 5.74) is 3.67. The molecule has 1 aromatic carbocycles. The van der Waals surface area contributed by atoms with Gasteiger partial charge in [0.05, 0.1) is 23.3 Å². The topological polar surface area (TPSA) is 124 Å². The van der Waals surface area contributed by atoms with E-state index in [1.54, 1.807) is 0 Å². The summed E-state index contributed by atoms with van der Waals surface area (Å²) in [6, 6.07) is 9.25. The van der Waals surface area contributed by atoms with Gasteiger partial charge in [0.25, 0.3) is 5.91 Å². The molecule has 194 valence electrons. The van der Waals surface area contributed by atoms with Crippen molar-refractivity contribution >= 4 is 16.9 Å². The van der Waals surface area contributed by atoms with E-state index in [1.165, 1.54) is 30.2 Å². The first-order valence-corrected chi connectivity index (χ1v) is 12.6. The number of nitrogens with zero attached hydrogens (tertiary/aromatic N) is 4. The molecular formula is C26H31FN8O2. The highest BCUT2D eigenvalue weighted by Gasteiger charge is 2.14. The van der Waals surface area contributed by atoms with Crippen molar-refractivity contribution in [1.29, 1.82) is 0 Å². The van der Waals surface area contributed by atoms with Gasteiger partial charge in [-0.2, -0.15) is 0 Å². The van der Waals surface area contributed by atoms with Crippen LogP contribution in [0.2, 0.25) is 0 Å². The van der Waals surface area contributed by atoms with E-state index in [2.05, 4.69) is 54.0 Å². The molecule has 10 nitrogen and oxygen atoms in total. The average molecular weight is 507 g/mol. The van der Waals surface area contributed by atoms with Gasteiger partial charge in [-0.1, -0.05) is 6.07 Å². The summed E-state index contributed by atoms with van der Waals surface area (Å²) in [5.74, 6) is 0.505. The normalized spacial score (nSPS) is 14.3. The zero-order chi connectivity index (χ0) is 25.5. The minimum Gasteiger partial charge on any atom is -0.448 e. The van der Waals surface area contributed by atoms with Crippen molar-refractivity contribution in [2.75, 3.05) is 39.3 Å². The van der Waals surface area contributed by atoms with Gasteiger partial charge in [-0.25, -0.2) is 14.4 Å². The first-order chi connectivity index (χ1) is 18.1. The number of aromatic amines is 1. The second-order valence-corrected chi connectivity index (χ2v) is 9.05. The van der Waals surface area contributed by atoms with Crippen LogP contribution in [0.3, 0.4) is 0 Å². The molecule has 0 unspecified atom stereocenters. The van der Waals surface area contributed by atoms with Gasteiger partial charge >= 0.3 is 0 Å². The number of carbonyl (C=O) groups is 1. The lowest BCUT2D eigenvalue weighted by Crippen LogP contribution is -2.42. The van der Waals surface area contributed by atoms with Crippen molar-refractivity contribution < 1.29 is 13.6 Å². The van der Waals surface area contributed by atoms with Crippen molar-refractivity contribution in [1.82, 2.24) is 40.8 Å². The zero-order valence-electron chi connectivity index (χ0n) is 20.6. The van der Waals surface area contributed by atoms with Crippen LogP contribution in [0.5, 0.6) is 0 Å². The largest absolute Gasteiger partial charge is 0.448 e. The standard InChI is InChI=1S/C26H31FN8O2/c27-19-2-1-7-30-22(19)15-31-26(36)23-17-37-25(34-23)6-9-28-8-5-24-32-20-4-3-18(14-21(20)33-24)16-35-12-10-29-11-13-35/h1-4,7,14,17,28-29H,5-6,8-13,15-16H2,(H,31,36)(H,32,33). The number of amides is 1. The maximum Gasteiger partial charge on any atom is 0.273 e. The fourth-order valence-electron chi connectivity index (χ4n) is 4.31. The molecule has 5 rings (SSSR count). The third kappa shape index (κ3) is 6.76. The van der Waals surface area contributed by atoms with E-state index in [9.17, 15) is 9.18 Å². The maximum atomic E-state index is 13.6. The number of fused-ring (bicyclic) bond motifs is 1. The quantitative estimate of drug-likeness (QED) is 0.227. The van der Waals surface area contributed by atoms with E-state index in [-0.39, 0.29) is 17.9 Å². The first kappa shape index (κ1) is 25.0. The molecule has 0 atom stereocenters. The predicted molar refractivity (Wildman–Crippen MR) is 136 cm³/mol. The van der Waals surface area contributed by atoms with Crippen LogP contribution < -0.4 is 16.0 Å². The molecule has 0 spiro atoms. The van der Waals surface area contributed by atoms with Crippen molar-refractivity contribution in [3.05, 3.63) is 77.3 Å². The highest BCUT2D eigenvalue weighted by atomic mass is 19.1. The summed E-state index contributed by atoms with van der Waals surface area (Å²) in [6.07, 6.45) is 4.10. The molecule has 1 fully saturated rings. The van der Waals surface area contributed by atoms with Crippen molar-refractivity contribution in [3.63, 3.8) is 0 Å². The van der Waals surface area contributed by atoms with Gasteiger partial charge in [-0.05, 0) is 29.8 Å². The van der Waals surface area contributed by atoms with Crippen molar-refractivity contribution in [2.45, 2.75) is 25.9 Å². The van der Waals surface area contributed by atoms with Gasteiger partial charge in [0.1, 0.15) is 17.9 Å². The van der Waals surface area contributed by atoms with Crippen molar-refractivity contribution in [2.24, 2.45) is 0 Å². The third-order valence-electron chi connectivity index (χ3n) is 6.30. The number of hydrogen-bond acceptors (Lipinski definition) is 8. The highest BCUT2D eigenvalue weighted by Crippen LogP contribution is 2.16. The second kappa shape index (κ2) is 12.0. The van der Waals surface area contributed by atoms with Crippen LogP contribution in [-0.4, -0.2) is 70.0 Å². The Balaban J connectivity index is 1.03. The number of piperazine rings is 1. The molecule has 37 heavy (non-hydrogen) atoms. The fourth-order valence-corrected chi connectivity index (χ4v) is 4.31. The zero-order valence-corrected chi connectivity index (χ0v) is 20.6. The van der Waals surface area contributed by atoms with Gasteiger partial charge in [0, 0.05) is 64.9 Å². The third-order valence-corrected chi connectivity index (χ3v) is 6.30. The molecule has 1 saturated heterocycles. The predicted octanol–water partition coefficient (Wildman–Crippen LogP) is 1.80. The summed E-state index contributed by atoms with van der Waals surface area (Å²) in [5, 5.41) is 9.35. The number of benzene rings is 1. The Kier molecular flexibility index (Phi) is 8.14. The number of H-pyrrole nitrogens is 1. The molecule has 4 aromatic rings. The Bertz CT molecular complexity index is 1330. The minimum absolute atomic E-state index is 0.0193.